The van der Waals surface area contributed by atoms with Crippen molar-refractivity contribution in [2.75, 3.05) is 44.6 Å². The lowest BCUT2D eigenvalue weighted by Crippen LogP contribution is -2.38. The van der Waals surface area contributed by atoms with Gasteiger partial charge in [0.15, 0.2) is 0 Å². The Labute approximate surface area is 131 Å². The van der Waals surface area contributed by atoms with Crippen molar-refractivity contribution >= 4 is 21.6 Å². The van der Waals surface area contributed by atoms with E-state index in [2.05, 4.69) is 63.1 Å². The van der Waals surface area contributed by atoms with Crippen molar-refractivity contribution in [1.29, 1.82) is 0 Å². The van der Waals surface area contributed by atoms with Crippen molar-refractivity contribution in [2.24, 2.45) is 0 Å². The number of likely N-dealkylation sites (N-methyl/N-ethyl adjacent to an activating group) is 1. The first-order chi connectivity index (χ1) is 9.74. The first-order valence-electron chi connectivity index (χ1n) is 7.69. The molecule has 0 amide bonds. The van der Waals surface area contributed by atoms with E-state index >= 15 is 0 Å². The number of anilines is 1. The number of likely N-dealkylation sites (tertiary alicyclic amines) is 1. The van der Waals surface area contributed by atoms with Gasteiger partial charge in [0.05, 0.1) is 0 Å². The first-order valence-corrected chi connectivity index (χ1v) is 8.48. The Bertz CT molecular complexity index is 406. The molecule has 1 N–H and O–H groups in total. The van der Waals surface area contributed by atoms with Crippen LogP contribution in [0, 0.1) is 0 Å². The van der Waals surface area contributed by atoms with Crippen LogP contribution < -0.4 is 5.32 Å². The van der Waals surface area contributed by atoms with E-state index in [1.54, 1.807) is 0 Å². The Balaban J connectivity index is 1.72. The lowest BCUT2D eigenvalue weighted by Gasteiger charge is -2.26. The van der Waals surface area contributed by atoms with E-state index in [0.717, 1.165) is 23.6 Å². The lowest BCUT2D eigenvalue weighted by atomic mass is 10.2. The summed E-state index contributed by atoms with van der Waals surface area (Å²) in [5, 5.41) is 3.51. The van der Waals surface area contributed by atoms with Crippen LogP contribution in [-0.4, -0.2) is 55.1 Å². The predicted molar refractivity (Wildman–Crippen MR) is 90.4 cm³/mol. The van der Waals surface area contributed by atoms with E-state index in [1.165, 1.54) is 38.3 Å². The third kappa shape index (κ3) is 4.21. The number of halogens is 1. The summed E-state index contributed by atoms with van der Waals surface area (Å²) in [5.41, 5.74) is 1.19. The highest BCUT2D eigenvalue weighted by atomic mass is 79.9. The number of benzene rings is 1. The lowest BCUT2D eigenvalue weighted by molar-refractivity contribution is 0.212. The molecule has 0 radical (unpaired) electrons. The Kier molecular flexibility index (Phi) is 6.33. The van der Waals surface area contributed by atoms with Crippen molar-refractivity contribution in [1.82, 2.24) is 9.80 Å². The van der Waals surface area contributed by atoms with Gasteiger partial charge in [-0.3, -0.25) is 9.80 Å². The van der Waals surface area contributed by atoms with Gasteiger partial charge in [0.1, 0.15) is 0 Å². The Morgan fingerprint density at radius 2 is 2.05 bits per heavy atom. The molecule has 1 unspecified atom stereocenters. The number of para-hydroxylation sites is 1. The minimum Gasteiger partial charge on any atom is -0.383 e. The van der Waals surface area contributed by atoms with Crippen molar-refractivity contribution < 1.29 is 0 Å². The minimum atomic E-state index is 0.758. The zero-order chi connectivity index (χ0) is 14.4. The molecule has 0 bridgehead atoms. The third-order valence-electron chi connectivity index (χ3n) is 4.19. The summed E-state index contributed by atoms with van der Waals surface area (Å²) in [4.78, 5) is 5.16. The standard InChI is InChI=1S/C16H26BrN3/c1-3-20(4-2)14-9-11-19(13-14)12-10-18-16-8-6-5-7-15(16)17/h5-8,14,18H,3-4,9-13H2,1-2H3. The van der Waals surface area contributed by atoms with Crippen molar-refractivity contribution in [3.05, 3.63) is 28.7 Å². The highest BCUT2D eigenvalue weighted by molar-refractivity contribution is 9.10. The molecule has 0 aromatic heterocycles. The fraction of sp³-hybridized carbons (Fsp3) is 0.625. The maximum atomic E-state index is 3.57. The van der Waals surface area contributed by atoms with Gasteiger partial charge >= 0.3 is 0 Å². The van der Waals surface area contributed by atoms with E-state index in [4.69, 9.17) is 0 Å². The fourth-order valence-electron chi connectivity index (χ4n) is 3.01. The van der Waals surface area contributed by atoms with Gasteiger partial charge in [0, 0.05) is 35.8 Å². The topological polar surface area (TPSA) is 18.5 Å². The maximum Gasteiger partial charge on any atom is 0.0485 e. The summed E-state index contributed by atoms with van der Waals surface area (Å²) in [6.45, 7) is 11.5. The Morgan fingerprint density at radius 3 is 2.75 bits per heavy atom. The van der Waals surface area contributed by atoms with E-state index in [9.17, 15) is 0 Å². The second kappa shape index (κ2) is 8.01. The van der Waals surface area contributed by atoms with Gasteiger partial charge in [-0.15, -0.1) is 0 Å². The minimum absolute atomic E-state index is 0.758. The molecule has 1 aromatic carbocycles. The fourth-order valence-corrected chi connectivity index (χ4v) is 3.43. The number of hydrogen-bond acceptors (Lipinski definition) is 3. The van der Waals surface area contributed by atoms with Gasteiger partial charge in [-0.2, -0.15) is 0 Å². The van der Waals surface area contributed by atoms with Crippen LogP contribution in [0.1, 0.15) is 20.3 Å². The summed E-state index contributed by atoms with van der Waals surface area (Å²) in [7, 11) is 0. The maximum absolute atomic E-state index is 3.57. The molecule has 1 saturated heterocycles. The average molecular weight is 340 g/mol. The predicted octanol–water partition coefficient (Wildman–Crippen LogP) is 3.28. The van der Waals surface area contributed by atoms with Gasteiger partial charge in [0.2, 0.25) is 0 Å². The largest absolute Gasteiger partial charge is 0.383 e. The van der Waals surface area contributed by atoms with Gasteiger partial charge < -0.3 is 5.32 Å². The highest BCUT2D eigenvalue weighted by Crippen LogP contribution is 2.21. The van der Waals surface area contributed by atoms with Crippen LogP contribution in [0.3, 0.4) is 0 Å². The molecule has 0 aliphatic carbocycles. The molecule has 0 saturated carbocycles. The molecule has 1 aromatic rings. The van der Waals surface area contributed by atoms with Gasteiger partial charge in [-0.05, 0) is 54.1 Å². The summed E-state index contributed by atoms with van der Waals surface area (Å²) in [6, 6.07) is 9.07. The average Bonchev–Trinajstić information content (AvgIpc) is 2.91. The van der Waals surface area contributed by atoms with Crippen molar-refractivity contribution in [3.63, 3.8) is 0 Å². The molecule has 2 rings (SSSR count). The van der Waals surface area contributed by atoms with Gasteiger partial charge in [-0.25, -0.2) is 0 Å². The quantitative estimate of drug-likeness (QED) is 0.822. The highest BCUT2D eigenvalue weighted by Gasteiger charge is 2.25. The molecule has 1 atom stereocenters. The summed E-state index contributed by atoms with van der Waals surface area (Å²) < 4.78 is 1.14. The van der Waals surface area contributed by atoms with Crippen LogP contribution in [0.4, 0.5) is 5.69 Å². The van der Waals surface area contributed by atoms with Crippen LogP contribution in [0.2, 0.25) is 0 Å². The molecule has 112 valence electrons. The van der Waals surface area contributed by atoms with E-state index in [0.29, 0.717) is 0 Å². The summed E-state index contributed by atoms with van der Waals surface area (Å²) >= 11 is 3.57. The normalized spacial score (nSPS) is 19.7. The third-order valence-corrected chi connectivity index (χ3v) is 4.89. The number of nitrogens with one attached hydrogen (secondary N) is 1. The second-order valence-electron chi connectivity index (χ2n) is 5.37. The molecule has 4 heteroatoms. The molecule has 1 aliphatic heterocycles. The Morgan fingerprint density at radius 1 is 1.30 bits per heavy atom. The second-order valence-corrected chi connectivity index (χ2v) is 6.23. The number of nitrogens with zero attached hydrogens (tertiary/aromatic N) is 2. The first kappa shape index (κ1) is 15.8. The smallest absolute Gasteiger partial charge is 0.0485 e. The monoisotopic (exact) mass is 339 g/mol. The van der Waals surface area contributed by atoms with Crippen LogP contribution in [-0.2, 0) is 0 Å². The molecule has 1 aliphatic rings. The van der Waals surface area contributed by atoms with Gasteiger partial charge in [0.25, 0.3) is 0 Å². The van der Waals surface area contributed by atoms with Crippen LogP contribution in [0.5, 0.6) is 0 Å². The number of hydrogen-bond donors (Lipinski definition) is 1. The molecule has 0 spiro atoms. The Hall–Kier alpha value is -0.580. The van der Waals surface area contributed by atoms with Crippen LogP contribution in [0.15, 0.2) is 28.7 Å². The molecule has 3 nitrogen and oxygen atoms in total. The molecule has 1 heterocycles. The van der Waals surface area contributed by atoms with Gasteiger partial charge in [-0.1, -0.05) is 26.0 Å². The molecular weight excluding hydrogens is 314 g/mol. The summed E-state index contributed by atoms with van der Waals surface area (Å²) in [6.07, 6.45) is 1.32. The van der Waals surface area contributed by atoms with E-state index in [1.807, 2.05) is 6.07 Å². The molecule has 20 heavy (non-hydrogen) atoms. The molecular formula is C16H26BrN3. The van der Waals surface area contributed by atoms with Crippen molar-refractivity contribution in [2.45, 2.75) is 26.3 Å². The van der Waals surface area contributed by atoms with E-state index in [-0.39, 0.29) is 0 Å². The van der Waals surface area contributed by atoms with Crippen molar-refractivity contribution in [3.8, 4) is 0 Å². The van der Waals surface area contributed by atoms with Crippen LogP contribution >= 0.6 is 15.9 Å². The number of rotatable bonds is 7. The SMILES string of the molecule is CCN(CC)C1CCN(CCNc2ccccc2Br)C1. The van der Waals surface area contributed by atoms with E-state index < -0.39 is 0 Å². The summed E-state index contributed by atoms with van der Waals surface area (Å²) in [5.74, 6) is 0. The van der Waals surface area contributed by atoms with Crippen LogP contribution in [0.25, 0.3) is 0 Å². The zero-order valence-corrected chi connectivity index (χ0v) is 14.2. The molecule has 1 fully saturated rings. The zero-order valence-electron chi connectivity index (χ0n) is 12.6.